The summed E-state index contributed by atoms with van der Waals surface area (Å²) in [5.41, 5.74) is 4.01. The Labute approximate surface area is 90.0 Å². The van der Waals surface area contributed by atoms with Crippen LogP contribution in [0.5, 0.6) is 0 Å². The van der Waals surface area contributed by atoms with E-state index in [1.54, 1.807) is 0 Å². The van der Waals surface area contributed by atoms with E-state index in [1.165, 1.54) is 13.8 Å². The molecular formula is C10H20N2O3. The van der Waals surface area contributed by atoms with Gasteiger partial charge in [0.15, 0.2) is 0 Å². The summed E-state index contributed by atoms with van der Waals surface area (Å²) in [6, 6.07) is -0.726. The summed E-state index contributed by atoms with van der Waals surface area (Å²) in [6.07, 6.45) is 0. The number of hydrogen-bond donors (Lipinski definition) is 3. The van der Waals surface area contributed by atoms with Crippen molar-refractivity contribution in [1.29, 1.82) is 0 Å². The number of carboxylic acids is 1. The second-order valence-electron chi connectivity index (χ2n) is 5.26. The Hall–Kier alpha value is -1.10. The summed E-state index contributed by atoms with van der Waals surface area (Å²) < 4.78 is 0. The minimum Gasteiger partial charge on any atom is -0.480 e. The summed E-state index contributed by atoms with van der Waals surface area (Å²) in [6.45, 7) is 8.31. The van der Waals surface area contributed by atoms with Crippen molar-refractivity contribution in [3.63, 3.8) is 0 Å². The molecule has 0 heterocycles. The fraction of sp³-hybridized carbons (Fsp3) is 0.800. The van der Waals surface area contributed by atoms with Gasteiger partial charge in [0.2, 0.25) is 5.91 Å². The van der Waals surface area contributed by atoms with Crippen molar-refractivity contribution >= 4 is 11.9 Å². The Morgan fingerprint density at radius 3 is 1.87 bits per heavy atom. The number of nitrogens with two attached hydrogens (primary N) is 1. The molecular weight excluding hydrogens is 196 g/mol. The first-order valence-electron chi connectivity index (χ1n) is 4.79. The van der Waals surface area contributed by atoms with Crippen molar-refractivity contribution in [3.05, 3.63) is 0 Å². The van der Waals surface area contributed by atoms with Gasteiger partial charge in [0.05, 0.1) is 6.04 Å². The fourth-order valence-electron chi connectivity index (χ4n) is 0.833. The summed E-state index contributed by atoms with van der Waals surface area (Å²) in [5, 5.41) is 11.2. The molecule has 0 aromatic heterocycles. The number of nitrogens with one attached hydrogen (secondary N) is 1. The van der Waals surface area contributed by atoms with Gasteiger partial charge in [-0.05, 0) is 19.3 Å². The minimum atomic E-state index is -1.29. The molecule has 88 valence electrons. The molecule has 0 spiro atoms. The summed E-state index contributed by atoms with van der Waals surface area (Å²) >= 11 is 0. The van der Waals surface area contributed by atoms with Crippen molar-refractivity contribution in [2.75, 3.05) is 0 Å². The number of carbonyl (C=O) groups is 2. The molecule has 0 aliphatic rings. The van der Waals surface area contributed by atoms with Gasteiger partial charge in [-0.3, -0.25) is 4.79 Å². The molecule has 0 aromatic carbocycles. The molecule has 0 bridgehead atoms. The first kappa shape index (κ1) is 13.9. The van der Waals surface area contributed by atoms with Crippen LogP contribution < -0.4 is 11.1 Å². The fourth-order valence-corrected chi connectivity index (χ4v) is 0.833. The number of hydrogen-bond acceptors (Lipinski definition) is 3. The summed E-state index contributed by atoms with van der Waals surface area (Å²) in [4.78, 5) is 22.4. The van der Waals surface area contributed by atoms with Gasteiger partial charge in [0, 0.05) is 0 Å². The first-order chi connectivity index (χ1) is 6.48. The molecule has 5 nitrogen and oxygen atoms in total. The van der Waals surface area contributed by atoms with Gasteiger partial charge in [0.1, 0.15) is 5.54 Å². The zero-order chi connectivity index (χ0) is 12.4. The van der Waals surface area contributed by atoms with Crippen LogP contribution in [-0.4, -0.2) is 28.6 Å². The molecule has 0 aliphatic carbocycles. The van der Waals surface area contributed by atoms with E-state index in [0.717, 1.165) is 0 Å². The van der Waals surface area contributed by atoms with Crippen LogP contribution >= 0.6 is 0 Å². The molecule has 5 heteroatoms. The van der Waals surface area contributed by atoms with Crippen LogP contribution in [0.3, 0.4) is 0 Å². The number of amides is 1. The van der Waals surface area contributed by atoms with Crippen LogP contribution in [0.2, 0.25) is 0 Å². The summed E-state index contributed by atoms with van der Waals surface area (Å²) in [5.74, 6) is -1.54. The molecule has 1 amide bonds. The van der Waals surface area contributed by atoms with Gasteiger partial charge >= 0.3 is 5.97 Å². The van der Waals surface area contributed by atoms with Crippen molar-refractivity contribution < 1.29 is 14.7 Å². The van der Waals surface area contributed by atoms with Crippen LogP contribution in [0.15, 0.2) is 0 Å². The van der Waals surface area contributed by atoms with E-state index in [4.69, 9.17) is 10.8 Å². The minimum absolute atomic E-state index is 0.390. The van der Waals surface area contributed by atoms with Crippen molar-refractivity contribution in [3.8, 4) is 0 Å². The second kappa shape index (κ2) is 4.18. The maximum atomic E-state index is 11.6. The highest BCUT2D eigenvalue weighted by Crippen LogP contribution is 2.18. The van der Waals surface area contributed by atoms with Crippen LogP contribution in [0.4, 0.5) is 0 Å². The number of rotatable bonds is 3. The van der Waals surface area contributed by atoms with Gasteiger partial charge in [0.25, 0.3) is 0 Å². The highest BCUT2D eigenvalue weighted by atomic mass is 16.4. The molecule has 1 atom stereocenters. The van der Waals surface area contributed by atoms with Crippen LogP contribution in [0.25, 0.3) is 0 Å². The van der Waals surface area contributed by atoms with Gasteiger partial charge in [-0.25, -0.2) is 4.79 Å². The lowest BCUT2D eigenvalue weighted by molar-refractivity contribution is -0.146. The second-order valence-corrected chi connectivity index (χ2v) is 5.26. The van der Waals surface area contributed by atoms with Gasteiger partial charge in [-0.2, -0.15) is 0 Å². The van der Waals surface area contributed by atoms with Crippen molar-refractivity contribution in [2.24, 2.45) is 11.1 Å². The molecule has 0 saturated heterocycles. The van der Waals surface area contributed by atoms with Crippen molar-refractivity contribution in [2.45, 2.75) is 46.2 Å². The van der Waals surface area contributed by atoms with E-state index in [0.29, 0.717) is 0 Å². The molecule has 0 radical (unpaired) electrons. The molecule has 0 aliphatic heterocycles. The van der Waals surface area contributed by atoms with Crippen molar-refractivity contribution in [1.82, 2.24) is 5.32 Å². The zero-order valence-electron chi connectivity index (χ0n) is 9.92. The Bertz CT molecular complexity index is 266. The van der Waals surface area contributed by atoms with Gasteiger partial charge in [-0.1, -0.05) is 20.8 Å². The Kier molecular flexibility index (Phi) is 3.88. The first-order valence-corrected chi connectivity index (χ1v) is 4.79. The number of carboxylic acid groups (broad SMARTS) is 1. The van der Waals surface area contributed by atoms with E-state index in [2.05, 4.69) is 5.32 Å². The predicted molar refractivity (Wildman–Crippen MR) is 57.3 cm³/mol. The van der Waals surface area contributed by atoms with E-state index >= 15 is 0 Å². The third-order valence-corrected chi connectivity index (χ3v) is 2.19. The molecule has 0 rings (SSSR count). The maximum Gasteiger partial charge on any atom is 0.328 e. The van der Waals surface area contributed by atoms with E-state index in [-0.39, 0.29) is 0 Å². The quantitative estimate of drug-likeness (QED) is 0.634. The average Bonchev–Trinajstić information content (AvgIpc) is 2.00. The molecule has 15 heavy (non-hydrogen) atoms. The van der Waals surface area contributed by atoms with Crippen LogP contribution in [0.1, 0.15) is 34.6 Å². The van der Waals surface area contributed by atoms with Gasteiger partial charge < -0.3 is 16.2 Å². The highest BCUT2D eigenvalue weighted by Gasteiger charge is 2.34. The smallest absolute Gasteiger partial charge is 0.328 e. The van der Waals surface area contributed by atoms with Crippen LogP contribution in [0, 0.1) is 5.41 Å². The molecule has 0 saturated carbocycles. The normalized spacial score (nSPS) is 14.5. The third kappa shape index (κ3) is 3.87. The SMILES string of the molecule is CC(C)(NC(=O)[C@@H](N)C(C)(C)C)C(=O)O. The van der Waals surface area contributed by atoms with E-state index in [9.17, 15) is 9.59 Å². The zero-order valence-corrected chi connectivity index (χ0v) is 9.92. The standard InChI is InChI=1S/C10H20N2O3/c1-9(2,3)6(11)7(13)12-10(4,5)8(14)15/h6H,11H2,1-5H3,(H,12,13)(H,14,15)/t6-/m1/s1. The summed E-state index contributed by atoms with van der Waals surface area (Å²) in [7, 11) is 0. The lowest BCUT2D eigenvalue weighted by atomic mass is 9.86. The van der Waals surface area contributed by atoms with Crippen LogP contribution in [-0.2, 0) is 9.59 Å². The molecule has 0 fully saturated rings. The van der Waals surface area contributed by atoms with E-state index < -0.39 is 28.9 Å². The van der Waals surface area contributed by atoms with Gasteiger partial charge in [-0.15, -0.1) is 0 Å². The Balaban J connectivity index is 4.58. The number of aliphatic carboxylic acids is 1. The topological polar surface area (TPSA) is 92.4 Å². The molecule has 4 N–H and O–H groups in total. The Morgan fingerprint density at radius 2 is 1.60 bits per heavy atom. The Morgan fingerprint density at radius 1 is 1.20 bits per heavy atom. The third-order valence-electron chi connectivity index (χ3n) is 2.19. The predicted octanol–water partition coefficient (Wildman–Crippen LogP) is 0.339. The number of carbonyl (C=O) groups excluding carboxylic acids is 1. The highest BCUT2D eigenvalue weighted by molar-refractivity contribution is 5.89. The lowest BCUT2D eigenvalue weighted by Crippen LogP contribution is -2.57. The van der Waals surface area contributed by atoms with E-state index in [1.807, 2.05) is 20.8 Å². The largest absolute Gasteiger partial charge is 0.480 e. The monoisotopic (exact) mass is 216 g/mol. The average molecular weight is 216 g/mol. The molecule has 0 aromatic rings. The maximum absolute atomic E-state index is 11.6. The molecule has 0 unspecified atom stereocenters. The lowest BCUT2D eigenvalue weighted by Gasteiger charge is -2.29.